The van der Waals surface area contributed by atoms with Gasteiger partial charge in [0.1, 0.15) is 12.4 Å². The quantitative estimate of drug-likeness (QED) is 0.758. The highest BCUT2D eigenvalue weighted by Crippen LogP contribution is 2.16. The number of anilines is 1. The molecule has 0 heterocycles. The summed E-state index contributed by atoms with van der Waals surface area (Å²) in [5.74, 6) is -1.63. The molecule has 0 aliphatic carbocycles. The fourth-order valence-electron chi connectivity index (χ4n) is 2.41. The molecule has 0 radical (unpaired) electrons. The molecule has 0 unspecified atom stereocenters. The summed E-state index contributed by atoms with van der Waals surface area (Å²) in [5.41, 5.74) is 1.18. The summed E-state index contributed by atoms with van der Waals surface area (Å²) in [7, 11) is 0. The number of esters is 1. The van der Waals surface area contributed by atoms with E-state index in [1.165, 1.54) is 30.0 Å². The number of carbonyl (C=O) groups excluding carboxylic acids is 3. The Balaban J connectivity index is 2.02. The number of hydrogen-bond donors (Lipinski definition) is 1. The number of hydrogen-bond acceptors (Lipinski definition) is 4. The highest BCUT2D eigenvalue weighted by molar-refractivity contribution is 5.98. The average molecular weight is 372 g/mol. The molecule has 0 aromatic heterocycles. The Morgan fingerprint density at radius 3 is 2.33 bits per heavy atom. The molecule has 0 atom stereocenters. The number of ether oxygens (including phenoxy) is 1. The highest BCUT2D eigenvalue weighted by Gasteiger charge is 2.17. The summed E-state index contributed by atoms with van der Waals surface area (Å²) < 4.78 is 18.5. The summed E-state index contributed by atoms with van der Waals surface area (Å²) in [5, 5.41) is 2.59. The van der Waals surface area contributed by atoms with Crippen LogP contribution in [0.2, 0.25) is 0 Å². The fourth-order valence-corrected chi connectivity index (χ4v) is 2.41. The van der Waals surface area contributed by atoms with E-state index < -0.39 is 17.7 Å². The molecule has 0 saturated carbocycles. The van der Waals surface area contributed by atoms with Crippen LogP contribution in [0.15, 0.2) is 48.5 Å². The van der Waals surface area contributed by atoms with Crippen molar-refractivity contribution in [1.82, 2.24) is 5.32 Å². The zero-order valence-electron chi connectivity index (χ0n) is 15.2. The molecule has 0 aliphatic rings. The molecule has 0 saturated heterocycles. The van der Waals surface area contributed by atoms with E-state index in [9.17, 15) is 18.8 Å². The number of nitrogens with zero attached hydrogens (tertiary/aromatic N) is 1. The lowest BCUT2D eigenvalue weighted by Gasteiger charge is -2.21. The van der Waals surface area contributed by atoms with E-state index in [1.807, 2.05) is 0 Å². The van der Waals surface area contributed by atoms with Gasteiger partial charge in [0.25, 0.3) is 0 Å². The molecule has 2 aromatic rings. The van der Waals surface area contributed by atoms with Crippen LogP contribution in [-0.4, -0.2) is 30.9 Å². The molecule has 6 nitrogen and oxygen atoms in total. The van der Waals surface area contributed by atoms with Crippen LogP contribution in [0.25, 0.3) is 0 Å². The first kappa shape index (κ1) is 20.1. The Labute approximate surface area is 156 Å². The van der Waals surface area contributed by atoms with Gasteiger partial charge in [0.05, 0.1) is 12.2 Å². The van der Waals surface area contributed by atoms with Gasteiger partial charge in [-0.05, 0) is 37.3 Å². The van der Waals surface area contributed by atoms with E-state index in [-0.39, 0.29) is 25.6 Å². The number of nitrogens with one attached hydrogen (secondary N) is 1. The molecule has 1 N–H and O–H groups in total. The summed E-state index contributed by atoms with van der Waals surface area (Å²) in [6.45, 7) is 3.12. The van der Waals surface area contributed by atoms with Crippen molar-refractivity contribution in [3.05, 3.63) is 65.5 Å². The number of benzene rings is 2. The molecule has 142 valence electrons. The topological polar surface area (TPSA) is 75.7 Å². The Bertz CT molecular complexity index is 821. The molecule has 0 spiro atoms. The second kappa shape index (κ2) is 9.47. The number of rotatable bonds is 7. The largest absolute Gasteiger partial charge is 0.462 e. The van der Waals surface area contributed by atoms with Crippen molar-refractivity contribution in [2.24, 2.45) is 0 Å². The van der Waals surface area contributed by atoms with E-state index in [4.69, 9.17) is 4.74 Å². The van der Waals surface area contributed by atoms with Crippen LogP contribution in [0.5, 0.6) is 0 Å². The van der Waals surface area contributed by atoms with Gasteiger partial charge in [-0.15, -0.1) is 0 Å². The minimum absolute atomic E-state index is 0.0268. The van der Waals surface area contributed by atoms with Gasteiger partial charge >= 0.3 is 5.97 Å². The predicted octanol–water partition coefficient (Wildman–Crippen LogP) is 2.67. The van der Waals surface area contributed by atoms with Gasteiger partial charge in [-0.1, -0.05) is 18.2 Å². The fraction of sp³-hybridized carbons (Fsp3) is 0.250. The van der Waals surface area contributed by atoms with E-state index in [0.717, 1.165) is 0 Å². The van der Waals surface area contributed by atoms with Crippen molar-refractivity contribution in [2.75, 3.05) is 18.1 Å². The van der Waals surface area contributed by atoms with Crippen molar-refractivity contribution in [1.29, 1.82) is 0 Å². The van der Waals surface area contributed by atoms with Crippen LogP contribution < -0.4 is 10.2 Å². The SMILES string of the molecule is CCOC(=O)c1ccc(N(CC(=O)NCc2ccccc2F)C(C)=O)cc1. The summed E-state index contributed by atoms with van der Waals surface area (Å²) in [6, 6.07) is 12.3. The molecule has 2 rings (SSSR count). The maximum absolute atomic E-state index is 13.6. The van der Waals surface area contributed by atoms with Crippen LogP contribution in [0.4, 0.5) is 10.1 Å². The molecular weight excluding hydrogens is 351 g/mol. The van der Waals surface area contributed by atoms with E-state index >= 15 is 0 Å². The smallest absolute Gasteiger partial charge is 0.338 e. The first-order valence-electron chi connectivity index (χ1n) is 8.47. The Hall–Kier alpha value is -3.22. The van der Waals surface area contributed by atoms with E-state index in [1.54, 1.807) is 37.3 Å². The van der Waals surface area contributed by atoms with Gasteiger partial charge in [0, 0.05) is 24.7 Å². The first-order valence-corrected chi connectivity index (χ1v) is 8.47. The minimum Gasteiger partial charge on any atom is -0.462 e. The predicted molar refractivity (Wildman–Crippen MR) is 98.7 cm³/mol. The third kappa shape index (κ3) is 5.64. The highest BCUT2D eigenvalue weighted by atomic mass is 19.1. The Morgan fingerprint density at radius 1 is 1.07 bits per heavy atom. The van der Waals surface area contributed by atoms with Gasteiger partial charge in [0.2, 0.25) is 11.8 Å². The lowest BCUT2D eigenvalue weighted by Crippen LogP contribution is -2.39. The second-order valence-corrected chi connectivity index (χ2v) is 5.74. The van der Waals surface area contributed by atoms with Crippen LogP contribution in [0.1, 0.15) is 29.8 Å². The molecule has 0 aliphatic heterocycles. The standard InChI is InChI=1S/C20H21FN2O4/c1-3-27-20(26)15-8-10-17(11-9-15)23(14(2)24)13-19(25)22-12-16-6-4-5-7-18(16)21/h4-11H,3,12-13H2,1-2H3,(H,22,25). The third-order valence-corrected chi connectivity index (χ3v) is 3.81. The molecular formula is C20H21FN2O4. The Kier molecular flexibility index (Phi) is 7.05. The second-order valence-electron chi connectivity index (χ2n) is 5.74. The maximum Gasteiger partial charge on any atom is 0.338 e. The van der Waals surface area contributed by atoms with Crippen molar-refractivity contribution in [3.8, 4) is 0 Å². The zero-order chi connectivity index (χ0) is 19.8. The lowest BCUT2D eigenvalue weighted by atomic mass is 10.2. The van der Waals surface area contributed by atoms with E-state index in [0.29, 0.717) is 16.8 Å². The monoisotopic (exact) mass is 372 g/mol. The molecule has 2 aromatic carbocycles. The Morgan fingerprint density at radius 2 is 1.74 bits per heavy atom. The summed E-state index contributed by atoms with van der Waals surface area (Å²) >= 11 is 0. The van der Waals surface area contributed by atoms with E-state index in [2.05, 4.69) is 5.32 Å². The molecule has 2 amide bonds. The normalized spacial score (nSPS) is 10.2. The number of amides is 2. The van der Waals surface area contributed by atoms with Crippen molar-refractivity contribution in [2.45, 2.75) is 20.4 Å². The van der Waals surface area contributed by atoms with Crippen LogP contribution in [-0.2, 0) is 20.9 Å². The third-order valence-electron chi connectivity index (χ3n) is 3.81. The van der Waals surface area contributed by atoms with Crippen molar-refractivity contribution < 1.29 is 23.5 Å². The van der Waals surface area contributed by atoms with Crippen molar-refractivity contribution in [3.63, 3.8) is 0 Å². The van der Waals surface area contributed by atoms with Gasteiger partial charge in [0.15, 0.2) is 0 Å². The molecule has 7 heteroatoms. The van der Waals surface area contributed by atoms with Gasteiger partial charge < -0.3 is 15.0 Å². The zero-order valence-corrected chi connectivity index (χ0v) is 15.2. The molecule has 0 fully saturated rings. The molecule has 0 bridgehead atoms. The molecule has 27 heavy (non-hydrogen) atoms. The van der Waals surface area contributed by atoms with Crippen LogP contribution >= 0.6 is 0 Å². The van der Waals surface area contributed by atoms with Gasteiger partial charge in [-0.2, -0.15) is 0 Å². The first-order chi connectivity index (χ1) is 12.9. The van der Waals surface area contributed by atoms with Gasteiger partial charge in [-0.25, -0.2) is 9.18 Å². The van der Waals surface area contributed by atoms with Crippen LogP contribution in [0, 0.1) is 5.82 Å². The maximum atomic E-state index is 13.6. The van der Waals surface area contributed by atoms with Crippen molar-refractivity contribution >= 4 is 23.5 Å². The summed E-state index contributed by atoms with van der Waals surface area (Å²) in [4.78, 5) is 37.1. The number of carbonyl (C=O) groups is 3. The van der Waals surface area contributed by atoms with Crippen LogP contribution in [0.3, 0.4) is 0 Å². The van der Waals surface area contributed by atoms with Gasteiger partial charge in [-0.3, -0.25) is 9.59 Å². The minimum atomic E-state index is -0.457. The summed E-state index contributed by atoms with van der Waals surface area (Å²) in [6.07, 6.45) is 0. The lowest BCUT2D eigenvalue weighted by molar-refractivity contribution is -0.123. The number of halogens is 1. The average Bonchev–Trinajstić information content (AvgIpc) is 2.65.